The van der Waals surface area contributed by atoms with Crippen LogP contribution in [0.5, 0.6) is 0 Å². The summed E-state index contributed by atoms with van der Waals surface area (Å²) in [4.78, 5) is 34.4. The van der Waals surface area contributed by atoms with E-state index in [1.807, 2.05) is 48.5 Å². The summed E-state index contributed by atoms with van der Waals surface area (Å²) in [5, 5.41) is 13.5. The molecule has 2 aliphatic rings. The first kappa shape index (κ1) is 23.6. The minimum absolute atomic E-state index is 0.00888. The van der Waals surface area contributed by atoms with E-state index in [9.17, 15) is 23.2 Å². The molecule has 10 heteroatoms. The van der Waals surface area contributed by atoms with E-state index in [4.69, 9.17) is 14.6 Å². The molecule has 34 heavy (non-hydrogen) atoms. The summed E-state index contributed by atoms with van der Waals surface area (Å²) >= 11 is 0. The zero-order valence-corrected chi connectivity index (χ0v) is 18.1. The van der Waals surface area contributed by atoms with Gasteiger partial charge < -0.3 is 25.2 Å². The predicted molar refractivity (Wildman–Crippen MR) is 116 cm³/mol. The van der Waals surface area contributed by atoms with Crippen LogP contribution in [-0.2, 0) is 19.1 Å². The number of carboxylic acids is 1. The number of carbonyl (C=O) groups is 3. The van der Waals surface area contributed by atoms with Gasteiger partial charge >= 0.3 is 12.1 Å². The van der Waals surface area contributed by atoms with E-state index in [0.717, 1.165) is 22.3 Å². The molecule has 0 bridgehead atoms. The summed E-state index contributed by atoms with van der Waals surface area (Å²) < 4.78 is 37.1. The van der Waals surface area contributed by atoms with E-state index in [1.165, 1.54) is 0 Å². The Kier molecular flexibility index (Phi) is 6.78. The Balaban J connectivity index is 1.12. The van der Waals surface area contributed by atoms with E-state index in [-0.39, 0.29) is 25.7 Å². The van der Waals surface area contributed by atoms with E-state index < -0.39 is 48.9 Å². The van der Waals surface area contributed by atoms with Gasteiger partial charge in [-0.05, 0) is 22.3 Å². The normalized spacial score (nSPS) is 19.6. The van der Waals surface area contributed by atoms with E-state index >= 15 is 0 Å². The highest BCUT2D eigenvalue weighted by Crippen LogP contribution is 2.54. The van der Waals surface area contributed by atoms with E-state index in [2.05, 4.69) is 10.6 Å². The number of hydrogen-bond donors (Lipinski definition) is 3. The van der Waals surface area contributed by atoms with Crippen molar-refractivity contribution in [1.29, 1.82) is 0 Å². The molecular formula is C24H24F2N2O6. The molecule has 4 rings (SSSR count). The van der Waals surface area contributed by atoms with Gasteiger partial charge in [0, 0.05) is 19.0 Å². The maximum absolute atomic E-state index is 13.3. The second-order valence-electron chi connectivity index (χ2n) is 8.21. The Morgan fingerprint density at radius 2 is 1.59 bits per heavy atom. The Bertz CT molecular complexity index is 1050. The van der Waals surface area contributed by atoms with Crippen LogP contribution in [0.4, 0.5) is 13.6 Å². The minimum atomic E-state index is -3.31. The number of rotatable bonds is 10. The molecule has 0 aromatic heterocycles. The molecule has 180 valence electrons. The van der Waals surface area contributed by atoms with Gasteiger partial charge in [-0.3, -0.25) is 9.59 Å². The van der Waals surface area contributed by atoms with Crippen LogP contribution in [0.25, 0.3) is 11.1 Å². The van der Waals surface area contributed by atoms with Crippen LogP contribution in [0.2, 0.25) is 0 Å². The lowest BCUT2D eigenvalue weighted by molar-refractivity contribution is -0.141. The van der Waals surface area contributed by atoms with Crippen LogP contribution >= 0.6 is 0 Å². The Morgan fingerprint density at radius 3 is 2.18 bits per heavy atom. The van der Waals surface area contributed by atoms with Gasteiger partial charge in [-0.15, -0.1) is 0 Å². The van der Waals surface area contributed by atoms with Crippen LogP contribution in [0.15, 0.2) is 48.5 Å². The lowest BCUT2D eigenvalue weighted by Gasteiger charge is -2.14. The maximum Gasteiger partial charge on any atom is 0.407 e. The molecular weight excluding hydrogens is 450 g/mol. The molecule has 8 nitrogen and oxygen atoms in total. The topological polar surface area (TPSA) is 114 Å². The number of alkyl carbamates (subject to hydrolysis) is 1. The molecule has 0 aliphatic heterocycles. The van der Waals surface area contributed by atoms with Crippen molar-refractivity contribution in [1.82, 2.24) is 10.6 Å². The Hall–Kier alpha value is -3.53. The van der Waals surface area contributed by atoms with Crippen LogP contribution in [-0.4, -0.2) is 61.9 Å². The van der Waals surface area contributed by atoms with Gasteiger partial charge in [-0.1, -0.05) is 48.5 Å². The average molecular weight is 474 g/mol. The summed E-state index contributed by atoms with van der Waals surface area (Å²) in [6, 6.07) is 16.0. The highest BCUT2D eigenvalue weighted by Gasteiger charge is 2.72. The molecule has 3 N–H and O–H groups in total. The third kappa shape index (κ3) is 4.86. The van der Waals surface area contributed by atoms with Gasteiger partial charge in [0.25, 0.3) is 5.92 Å². The van der Waals surface area contributed by atoms with Crippen molar-refractivity contribution in [2.24, 2.45) is 11.8 Å². The largest absolute Gasteiger partial charge is 0.481 e. The van der Waals surface area contributed by atoms with Crippen molar-refractivity contribution in [3.8, 4) is 11.1 Å². The zero-order valence-electron chi connectivity index (χ0n) is 18.1. The van der Waals surface area contributed by atoms with Crippen molar-refractivity contribution in [3.63, 3.8) is 0 Å². The first-order valence-corrected chi connectivity index (χ1v) is 10.8. The molecule has 2 aromatic carbocycles. The van der Waals surface area contributed by atoms with Crippen LogP contribution in [0.3, 0.4) is 0 Å². The summed E-state index contributed by atoms with van der Waals surface area (Å²) in [7, 11) is 0. The lowest BCUT2D eigenvalue weighted by atomic mass is 9.98. The molecule has 0 saturated heterocycles. The first-order chi connectivity index (χ1) is 16.3. The number of alkyl halides is 2. The number of carbonyl (C=O) groups excluding carboxylic acids is 2. The third-order valence-corrected chi connectivity index (χ3v) is 6.08. The number of benzene rings is 2. The maximum atomic E-state index is 13.3. The van der Waals surface area contributed by atoms with Gasteiger partial charge in [0.2, 0.25) is 5.91 Å². The van der Waals surface area contributed by atoms with Gasteiger partial charge in [0.1, 0.15) is 19.1 Å². The molecule has 2 unspecified atom stereocenters. The molecule has 2 aromatic rings. The zero-order chi connectivity index (χ0) is 24.3. The fourth-order valence-electron chi connectivity index (χ4n) is 4.30. The summed E-state index contributed by atoms with van der Waals surface area (Å²) in [5.41, 5.74) is 4.46. The molecule has 1 saturated carbocycles. The number of hydrogen-bond acceptors (Lipinski definition) is 5. The molecule has 0 heterocycles. The quantitative estimate of drug-likeness (QED) is 0.456. The molecule has 0 spiro atoms. The Labute approximate surface area is 194 Å². The van der Waals surface area contributed by atoms with E-state index in [1.54, 1.807) is 0 Å². The number of ether oxygens (including phenoxy) is 2. The van der Waals surface area contributed by atoms with Crippen molar-refractivity contribution >= 4 is 18.0 Å². The van der Waals surface area contributed by atoms with Gasteiger partial charge in [-0.25, -0.2) is 13.6 Å². The molecule has 1 fully saturated rings. The Morgan fingerprint density at radius 1 is 0.971 bits per heavy atom. The van der Waals surface area contributed by atoms with Crippen molar-refractivity contribution < 1.29 is 37.7 Å². The number of carboxylic acid groups (broad SMARTS) is 1. The van der Waals surface area contributed by atoms with Crippen molar-refractivity contribution in [2.75, 3.05) is 32.9 Å². The number of amides is 2. The SMILES string of the molecule is O=C(COCCNC(=O)OCC1c2ccccc2-c2ccccc21)NCC1C(C(=O)O)C1(F)F. The number of aliphatic carboxylic acids is 1. The number of nitrogens with one attached hydrogen (secondary N) is 2. The molecule has 2 atom stereocenters. The second-order valence-corrected chi connectivity index (χ2v) is 8.21. The number of fused-ring (bicyclic) bond motifs is 3. The fourth-order valence-corrected chi connectivity index (χ4v) is 4.30. The number of halogens is 2. The smallest absolute Gasteiger partial charge is 0.407 e. The van der Waals surface area contributed by atoms with Crippen LogP contribution in [0.1, 0.15) is 17.0 Å². The highest BCUT2D eigenvalue weighted by molar-refractivity contribution is 5.79. The fraction of sp³-hybridized carbons (Fsp3) is 0.375. The van der Waals surface area contributed by atoms with Crippen molar-refractivity contribution in [3.05, 3.63) is 59.7 Å². The minimum Gasteiger partial charge on any atom is -0.481 e. The first-order valence-electron chi connectivity index (χ1n) is 10.8. The summed E-state index contributed by atoms with van der Waals surface area (Å²) in [6.07, 6.45) is -0.620. The second kappa shape index (κ2) is 9.76. The van der Waals surface area contributed by atoms with Gasteiger partial charge in [0.15, 0.2) is 0 Å². The summed E-state index contributed by atoms with van der Waals surface area (Å²) in [6.45, 7) is -0.570. The third-order valence-electron chi connectivity index (χ3n) is 6.08. The van der Waals surface area contributed by atoms with E-state index in [0.29, 0.717) is 0 Å². The predicted octanol–water partition coefficient (Wildman–Crippen LogP) is 2.62. The summed E-state index contributed by atoms with van der Waals surface area (Å²) in [5.74, 6) is -8.78. The van der Waals surface area contributed by atoms with Gasteiger partial charge in [0.05, 0.1) is 12.5 Å². The monoisotopic (exact) mass is 474 g/mol. The molecule has 2 amide bonds. The highest BCUT2D eigenvalue weighted by atomic mass is 19.3. The van der Waals surface area contributed by atoms with Crippen LogP contribution in [0, 0.1) is 11.8 Å². The van der Waals surface area contributed by atoms with Crippen molar-refractivity contribution in [2.45, 2.75) is 11.8 Å². The average Bonchev–Trinajstić information content (AvgIpc) is 3.23. The molecule has 0 radical (unpaired) electrons. The molecule has 2 aliphatic carbocycles. The lowest BCUT2D eigenvalue weighted by Crippen LogP contribution is -2.33. The van der Waals surface area contributed by atoms with Gasteiger partial charge in [-0.2, -0.15) is 0 Å². The standard InChI is InChI=1S/C24H24F2N2O6/c25-24(26)19(21(24)22(30)31)11-28-20(29)13-33-10-9-27-23(32)34-12-18-16-7-3-1-5-14(16)15-6-2-4-8-17(15)18/h1-8,18-19,21H,9-13H2,(H,27,32)(H,28,29)(H,30,31). The van der Waals surface area contributed by atoms with Crippen LogP contribution < -0.4 is 10.6 Å².